The Balaban J connectivity index is 1.57. The van der Waals surface area contributed by atoms with Crippen LogP contribution in [0.2, 0.25) is 0 Å². The van der Waals surface area contributed by atoms with Crippen molar-refractivity contribution in [2.24, 2.45) is 29.4 Å². The fraction of sp³-hybridized carbons (Fsp3) is 1.00. The largest absolute Gasteiger partial charge is 0.327 e. The molecule has 3 fully saturated rings. The first-order chi connectivity index (χ1) is 7.66. The van der Waals surface area contributed by atoms with Gasteiger partial charge >= 0.3 is 0 Å². The van der Waals surface area contributed by atoms with Crippen molar-refractivity contribution in [3.8, 4) is 0 Å². The van der Waals surface area contributed by atoms with Crippen LogP contribution in [0.3, 0.4) is 0 Å². The molecule has 0 aliphatic heterocycles. The third-order valence-corrected chi connectivity index (χ3v) is 5.66. The normalized spacial score (nSPS) is 44.2. The van der Waals surface area contributed by atoms with Crippen molar-refractivity contribution in [1.29, 1.82) is 0 Å². The second kappa shape index (κ2) is 3.99. The van der Waals surface area contributed by atoms with Crippen LogP contribution >= 0.6 is 0 Å². The molecular formula is C14H26N2. The Morgan fingerprint density at radius 2 is 1.88 bits per heavy atom. The number of hydrogen-bond acceptors (Lipinski definition) is 2. The van der Waals surface area contributed by atoms with Crippen LogP contribution in [-0.4, -0.2) is 30.6 Å². The molecule has 2 nitrogen and oxygen atoms in total. The number of hydrogen-bond donors (Lipinski definition) is 1. The van der Waals surface area contributed by atoms with Crippen molar-refractivity contribution >= 4 is 0 Å². The highest BCUT2D eigenvalue weighted by atomic mass is 15.1. The van der Waals surface area contributed by atoms with Gasteiger partial charge in [-0.2, -0.15) is 0 Å². The van der Waals surface area contributed by atoms with Gasteiger partial charge in [0, 0.05) is 18.6 Å². The van der Waals surface area contributed by atoms with Gasteiger partial charge in [-0.05, 0) is 69.7 Å². The number of nitrogens with zero attached hydrogens (tertiary/aromatic N) is 1. The van der Waals surface area contributed by atoms with Gasteiger partial charge in [0.2, 0.25) is 0 Å². The van der Waals surface area contributed by atoms with E-state index in [4.69, 9.17) is 5.73 Å². The summed E-state index contributed by atoms with van der Waals surface area (Å²) in [4.78, 5) is 2.59. The summed E-state index contributed by atoms with van der Waals surface area (Å²) >= 11 is 0. The molecule has 0 saturated heterocycles. The van der Waals surface area contributed by atoms with Crippen LogP contribution in [0.5, 0.6) is 0 Å². The topological polar surface area (TPSA) is 29.3 Å². The van der Waals surface area contributed by atoms with E-state index in [1.54, 1.807) is 0 Å². The first kappa shape index (κ1) is 11.0. The summed E-state index contributed by atoms with van der Waals surface area (Å²) in [6.45, 7) is 3.65. The average Bonchev–Trinajstić information content (AvgIpc) is 2.95. The van der Waals surface area contributed by atoms with E-state index < -0.39 is 0 Å². The quantitative estimate of drug-likeness (QED) is 0.789. The number of rotatable bonds is 4. The Bertz CT molecular complexity index is 259. The molecule has 0 spiro atoms. The van der Waals surface area contributed by atoms with E-state index in [1.807, 2.05) is 0 Å². The van der Waals surface area contributed by atoms with Crippen LogP contribution in [0, 0.1) is 23.7 Å². The van der Waals surface area contributed by atoms with Gasteiger partial charge in [0.15, 0.2) is 0 Å². The van der Waals surface area contributed by atoms with Crippen LogP contribution in [-0.2, 0) is 0 Å². The van der Waals surface area contributed by atoms with E-state index in [1.165, 1.54) is 38.6 Å². The van der Waals surface area contributed by atoms with Crippen molar-refractivity contribution in [3.63, 3.8) is 0 Å². The third kappa shape index (κ3) is 1.80. The summed E-state index contributed by atoms with van der Waals surface area (Å²) in [5, 5.41) is 0. The van der Waals surface area contributed by atoms with Crippen molar-refractivity contribution in [1.82, 2.24) is 4.90 Å². The highest BCUT2D eigenvalue weighted by Gasteiger charge is 2.46. The van der Waals surface area contributed by atoms with E-state index in [-0.39, 0.29) is 0 Å². The Morgan fingerprint density at radius 1 is 1.19 bits per heavy atom. The molecule has 0 amide bonds. The van der Waals surface area contributed by atoms with Crippen LogP contribution in [0.4, 0.5) is 0 Å². The molecule has 0 radical (unpaired) electrons. The zero-order valence-electron chi connectivity index (χ0n) is 10.7. The van der Waals surface area contributed by atoms with Gasteiger partial charge in [0.25, 0.3) is 0 Å². The number of nitrogens with two attached hydrogens (primary N) is 1. The lowest BCUT2D eigenvalue weighted by Gasteiger charge is -2.34. The zero-order chi connectivity index (χ0) is 11.3. The van der Waals surface area contributed by atoms with E-state index in [9.17, 15) is 0 Å². The zero-order valence-corrected chi connectivity index (χ0v) is 10.7. The Kier molecular flexibility index (Phi) is 2.75. The lowest BCUT2D eigenvalue weighted by Crippen LogP contribution is -2.44. The van der Waals surface area contributed by atoms with E-state index in [0.717, 1.165) is 29.7 Å². The fourth-order valence-corrected chi connectivity index (χ4v) is 4.16. The average molecular weight is 222 g/mol. The molecule has 0 aromatic carbocycles. The summed E-state index contributed by atoms with van der Waals surface area (Å²) in [5.41, 5.74) is 6.38. The molecule has 3 saturated carbocycles. The Morgan fingerprint density at radius 3 is 2.44 bits per heavy atom. The second-order valence-corrected chi connectivity index (χ2v) is 6.59. The Hall–Kier alpha value is -0.0800. The standard InChI is InChI=1S/C14H26N2/c1-9(10-3-4-10)16(2)8-13-11-5-6-12(7-11)14(13)15/h9-14H,3-8,15H2,1-2H3. The molecule has 0 heterocycles. The second-order valence-electron chi connectivity index (χ2n) is 6.59. The maximum Gasteiger partial charge on any atom is 0.0111 e. The van der Waals surface area contributed by atoms with Gasteiger partial charge in [-0.15, -0.1) is 0 Å². The van der Waals surface area contributed by atoms with Gasteiger partial charge in [-0.1, -0.05) is 0 Å². The van der Waals surface area contributed by atoms with Gasteiger partial charge in [0.05, 0.1) is 0 Å². The summed E-state index contributed by atoms with van der Waals surface area (Å²) in [7, 11) is 2.31. The molecule has 92 valence electrons. The van der Waals surface area contributed by atoms with E-state index in [2.05, 4.69) is 18.9 Å². The molecule has 2 bridgehead atoms. The van der Waals surface area contributed by atoms with Gasteiger partial charge in [-0.3, -0.25) is 0 Å². The molecule has 2 N–H and O–H groups in total. The van der Waals surface area contributed by atoms with Gasteiger partial charge in [0.1, 0.15) is 0 Å². The van der Waals surface area contributed by atoms with Crippen LogP contribution in [0.25, 0.3) is 0 Å². The minimum atomic E-state index is 0.507. The highest BCUT2D eigenvalue weighted by Crippen LogP contribution is 2.48. The maximum absolute atomic E-state index is 6.38. The summed E-state index contributed by atoms with van der Waals surface area (Å²) in [6.07, 6.45) is 7.19. The van der Waals surface area contributed by atoms with Crippen LogP contribution < -0.4 is 5.73 Å². The lowest BCUT2D eigenvalue weighted by atomic mass is 9.84. The Labute approximate surface area is 99.6 Å². The number of fused-ring (bicyclic) bond motifs is 2. The van der Waals surface area contributed by atoms with Crippen molar-refractivity contribution in [2.75, 3.05) is 13.6 Å². The van der Waals surface area contributed by atoms with Crippen LogP contribution in [0.15, 0.2) is 0 Å². The minimum Gasteiger partial charge on any atom is -0.327 e. The molecule has 5 unspecified atom stereocenters. The van der Waals surface area contributed by atoms with E-state index >= 15 is 0 Å². The molecule has 3 aliphatic carbocycles. The molecule has 3 rings (SSSR count). The fourth-order valence-electron chi connectivity index (χ4n) is 4.16. The van der Waals surface area contributed by atoms with Crippen molar-refractivity contribution in [3.05, 3.63) is 0 Å². The molecule has 0 aromatic heterocycles. The summed E-state index contributed by atoms with van der Waals surface area (Å²) in [6, 6.07) is 1.29. The summed E-state index contributed by atoms with van der Waals surface area (Å²) in [5.74, 6) is 3.60. The highest BCUT2D eigenvalue weighted by molar-refractivity contribution is 5.00. The molecule has 0 aromatic rings. The lowest BCUT2D eigenvalue weighted by molar-refractivity contribution is 0.155. The van der Waals surface area contributed by atoms with Crippen LogP contribution in [0.1, 0.15) is 39.0 Å². The maximum atomic E-state index is 6.38. The SMILES string of the molecule is CC(C1CC1)N(C)CC1C2CCC(C2)C1N. The molecule has 3 aliphatic rings. The predicted octanol–water partition coefficient (Wildman–Crippen LogP) is 2.09. The summed E-state index contributed by atoms with van der Waals surface area (Å²) < 4.78 is 0. The van der Waals surface area contributed by atoms with E-state index in [0.29, 0.717) is 6.04 Å². The first-order valence-corrected chi connectivity index (χ1v) is 7.12. The molecule has 2 heteroatoms. The molecular weight excluding hydrogens is 196 g/mol. The smallest absolute Gasteiger partial charge is 0.0111 e. The first-order valence-electron chi connectivity index (χ1n) is 7.12. The third-order valence-electron chi connectivity index (χ3n) is 5.66. The van der Waals surface area contributed by atoms with Gasteiger partial charge < -0.3 is 10.6 Å². The predicted molar refractivity (Wildman–Crippen MR) is 67.1 cm³/mol. The molecule has 16 heavy (non-hydrogen) atoms. The van der Waals surface area contributed by atoms with Crippen molar-refractivity contribution < 1.29 is 0 Å². The van der Waals surface area contributed by atoms with Gasteiger partial charge in [-0.25, -0.2) is 0 Å². The monoisotopic (exact) mass is 222 g/mol. The van der Waals surface area contributed by atoms with Crippen molar-refractivity contribution in [2.45, 2.75) is 51.1 Å². The molecule has 5 atom stereocenters. The minimum absolute atomic E-state index is 0.507.